The number of epoxide rings is 1. The fraction of sp³-hybridized carbons (Fsp3) is 1.00. The molecule has 0 bridgehead atoms. The summed E-state index contributed by atoms with van der Waals surface area (Å²) in [7, 11) is 4.11. The van der Waals surface area contributed by atoms with E-state index >= 15 is 0 Å². The maximum absolute atomic E-state index is 5.43. The molecular weight excluding hydrogens is 400 g/mol. The van der Waals surface area contributed by atoms with Gasteiger partial charge in [0.25, 0.3) is 0 Å². The average molecular weight is 443 g/mol. The topological polar surface area (TPSA) is 106 Å². The van der Waals surface area contributed by atoms with Gasteiger partial charge in [0.2, 0.25) is 0 Å². The van der Waals surface area contributed by atoms with E-state index < -0.39 is 17.4 Å². The lowest BCUT2D eigenvalue weighted by molar-refractivity contribution is 0.114. The second kappa shape index (κ2) is 16.8. The minimum atomic E-state index is -2.35. The van der Waals surface area contributed by atoms with Gasteiger partial charge in [-0.05, 0) is 32.0 Å². The van der Waals surface area contributed by atoms with Gasteiger partial charge in [-0.15, -0.1) is 0 Å². The zero-order valence-corrected chi connectivity index (χ0v) is 20.6. The summed E-state index contributed by atoms with van der Waals surface area (Å²) in [6.45, 7) is 6.87. The normalized spacial score (nSPS) is 16.6. The molecule has 0 aromatic rings. The number of nitrogens with two attached hydrogens (primary N) is 1. The van der Waals surface area contributed by atoms with E-state index in [-0.39, 0.29) is 0 Å². The van der Waals surface area contributed by atoms with Crippen LogP contribution in [0.1, 0.15) is 12.8 Å². The number of nitrogens with one attached hydrogen (secondary N) is 1. The predicted molar refractivity (Wildman–Crippen MR) is 114 cm³/mol. The van der Waals surface area contributed by atoms with Crippen LogP contribution in [-0.4, -0.2) is 98.5 Å². The summed E-state index contributed by atoms with van der Waals surface area (Å²) in [6, 6.07) is 1.81. The molecule has 0 spiro atoms. The summed E-state index contributed by atoms with van der Waals surface area (Å²) in [5.74, 6) is 0. The van der Waals surface area contributed by atoms with Crippen molar-refractivity contribution in [1.82, 2.24) is 5.32 Å². The molecule has 0 aromatic heterocycles. The van der Waals surface area contributed by atoms with Gasteiger partial charge < -0.3 is 42.7 Å². The Kier molecular flexibility index (Phi) is 16.9. The molecule has 0 aromatic carbocycles. The predicted octanol–water partition coefficient (Wildman–Crippen LogP) is 0.960. The summed E-state index contributed by atoms with van der Waals surface area (Å²) in [5, 5.41) is 3.21. The minimum Gasteiger partial charge on any atom is -0.398 e. The van der Waals surface area contributed by atoms with Gasteiger partial charge in [0.1, 0.15) is 6.10 Å². The maximum Gasteiger partial charge on any atom is 0.500 e. The molecular formula is C17H42N2O7Si2. The molecule has 3 N–H and O–H groups in total. The number of hydrogen-bond acceptors (Lipinski definition) is 9. The lowest BCUT2D eigenvalue weighted by Crippen LogP contribution is -2.43. The first-order chi connectivity index (χ1) is 13.4. The molecule has 0 radical (unpaired) electrons. The fourth-order valence-electron chi connectivity index (χ4n) is 2.37. The van der Waals surface area contributed by atoms with Crippen molar-refractivity contribution in [3.8, 4) is 0 Å². The Morgan fingerprint density at radius 3 is 2.00 bits per heavy atom. The molecule has 1 aliphatic heterocycles. The second-order valence-corrected chi connectivity index (χ2v) is 13.3. The lowest BCUT2D eigenvalue weighted by atomic mass is 10.5. The van der Waals surface area contributed by atoms with Gasteiger partial charge in [0.05, 0.1) is 13.2 Å². The maximum atomic E-state index is 5.43. The zero-order valence-electron chi connectivity index (χ0n) is 18.6. The lowest BCUT2D eigenvalue weighted by Gasteiger charge is -2.24. The van der Waals surface area contributed by atoms with Gasteiger partial charge in [-0.25, -0.2) is 0 Å². The smallest absolute Gasteiger partial charge is 0.398 e. The number of hydrogen-bond donors (Lipinski definition) is 2. The highest BCUT2D eigenvalue weighted by atomic mass is 28.4. The Balaban J connectivity index is 0.000000521. The molecule has 28 heavy (non-hydrogen) atoms. The van der Waals surface area contributed by atoms with Crippen LogP contribution < -0.4 is 11.1 Å². The van der Waals surface area contributed by atoms with Crippen LogP contribution in [0.25, 0.3) is 0 Å². The zero-order chi connectivity index (χ0) is 21.3. The van der Waals surface area contributed by atoms with Crippen molar-refractivity contribution >= 4 is 17.4 Å². The monoisotopic (exact) mass is 442 g/mol. The summed E-state index contributed by atoms with van der Waals surface area (Å²) in [5.41, 5.74) is 5.35. The molecule has 1 rings (SSSR count). The Hall–Kier alpha value is 0.0738. The molecule has 1 atom stereocenters. The highest BCUT2D eigenvalue weighted by Gasteiger charge is 2.36. The van der Waals surface area contributed by atoms with Crippen molar-refractivity contribution in [3.63, 3.8) is 0 Å². The molecule has 11 heteroatoms. The highest BCUT2D eigenvalue weighted by molar-refractivity contribution is 6.65. The fourth-order valence-corrected chi connectivity index (χ4v) is 5.46. The molecule has 1 fully saturated rings. The quantitative estimate of drug-likeness (QED) is 0.193. The minimum absolute atomic E-state index is 0.364. The van der Waals surface area contributed by atoms with Gasteiger partial charge >= 0.3 is 17.4 Å². The third kappa shape index (κ3) is 13.3. The first kappa shape index (κ1) is 28.1. The first-order valence-corrected chi connectivity index (χ1v) is 14.3. The van der Waals surface area contributed by atoms with Gasteiger partial charge in [0, 0.05) is 61.3 Å². The Bertz CT molecular complexity index is 350. The van der Waals surface area contributed by atoms with E-state index in [0.29, 0.717) is 12.6 Å². The van der Waals surface area contributed by atoms with E-state index in [0.717, 1.165) is 57.8 Å². The Morgan fingerprint density at radius 1 is 0.929 bits per heavy atom. The third-order valence-electron chi connectivity index (χ3n) is 4.58. The van der Waals surface area contributed by atoms with Gasteiger partial charge in [-0.1, -0.05) is 0 Å². The van der Waals surface area contributed by atoms with Crippen LogP contribution in [0.15, 0.2) is 0 Å². The number of rotatable bonds is 17. The van der Waals surface area contributed by atoms with Crippen molar-refractivity contribution in [1.29, 1.82) is 0 Å². The van der Waals surface area contributed by atoms with E-state index in [2.05, 4.69) is 11.9 Å². The highest BCUT2D eigenvalue weighted by Crippen LogP contribution is 2.15. The molecule has 0 saturated carbocycles. The van der Waals surface area contributed by atoms with Crippen molar-refractivity contribution in [2.45, 2.75) is 37.6 Å². The molecule has 0 amide bonds. The van der Waals surface area contributed by atoms with Crippen LogP contribution in [-0.2, 0) is 31.6 Å². The van der Waals surface area contributed by atoms with Gasteiger partial charge in [0.15, 0.2) is 0 Å². The van der Waals surface area contributed by atoms with Gasteiger partial charge in [-0.3, -0.25) is 0 Å². The van der Waals surface area contributed by atoms with Crippen LogP contribution in [0.4, 0.5) is 0 Å². The van der Waals surface area contributed by atoms with E-state index in [9.17, 15) is 0 Å². The van der Waals surface area contributed by atoms with E-state index in [1.165, 1.54) is 0 Å². The third-order valence-corrected chi connectivity index (χ3v) is 10.4. The molecule has 1 unspecified atom stereocenters. The number of ether oxygens (including phenoxy) is 2. The van der Waals surface area contributed by atoms with Crippen molar-refractivity contribution in [3.05, 3.63) is 0 Å². The van der Waals surface area contributed by atoms with Crippen LogP contribution in [0.2, 0.25) is 18.6 Å². The molecule has 0 aliphatic carbocycles. The Labute approximate surface area is 173 Å². The standard InChI is InChI=1S/C9H20O4Si.C8H22N2O3Si/c1-10-14(3,11-2)6-4-5-12-7-9-8-13-9;1-11-14(12-2,13-3)8-4-6-10-7-5-9/h9H,4-8H2,1-3H3;10H,4-9H2,1-3H3. The van der Waals surface area contributed by atoms with Crippen molar-refractivity contribution in [2.75, 3.05) is 75.0 Å². The Morgan fingerprint density at radius 2 is 1.54 bits per heavy atom. The largest absolute Gasteiger partial charge is 0.500 e. The van der Waals surface area contributed by atoms with Crippen LogP contribution in [0, 0.1) is 0 Å². The van der Waals surface area contributed by atoms with Crippen LogP contribution in [0.3, 0.4) is 0 Å². The first-order valence-electron chi connectivity index (χ1n) is 9.80. The summed E-state index contributed by atoms with van der Waals surface area (Å²) in [6.07, 6.45) is 2.34. The van der Waals surface area contributed by atoms with Crippen molar-refractivity contribution < 1.29 is 31.6 Å². The van der Waals surface area contributed by atoms with Crippen molar-refractivity contribution in [2.24, 2.45) is 5.73 Å². The molecule has 1 heterocycles. The average Bonchev–Trinajstić information content (AvgIpc) is 3.56. The summed E-state index contributed by atoms with van der Waals surface area (Å²) in [4.78, 5) is 0. The summed E-state index contributed by atoms with van der Waals surface area (Å²) < 4.78 is 37.0. The van der Waals surface area contributed by atoms with Gasteiger partial charge in [-0.2, -0.15) is 0 Å². The molecule has 9 nitrogen and oxygen atoms in total. The second-order valence-electron chi connectivity index (χ2n) is 6.61. The molecule has 1 saturated heterocycles. The summed E-state index contributed by atoms with van der Waals surface area (Å²) >= 11 is 0. The van der Waals surface area contributed by atoms with E-state index in [1.807, 2.05) is 0 Å². The molecule has 170 valence electrons. The molecule has 1 aliphatic rings. The SMILES string of the molecule is CO[Si](C)(CCCOCC1CO1)OC.CO[Si](CCCNCCN)(OC)OC. The van der Waals surface area contributed by atoms with E-state index in [4.69, 9.17) is 37.3 Å². The van der Waals surface area contributed by atoms with Crippen LogP contribution >= 0.6 is 0 Å². The van der Waals surface area contributed by atoms with E-state index in [1.54, 1.807) is 35.5 Å². The van der Waals surface area contributed by atoms with Crippen LogP contribution in [0.5, 0.6) is 0 Å².